The van der Waals surface area contributed by atoms with Crippen LogP contribution in [0, 0.1) is 0 Å². The first-order valence-electron chi connectivity index (χ1n) is 5.54. The van der Waals surface area contributed by atoms with Gasteiger partial charge in [-0.3, -0.25) is 4.79 Å². The first-order chi connectivity index (χ1) is 8.18. The van der Waals surface area contributed by atoms with Gasteiger partial charge in [-0.2, -0.15) is 0 Å². The summed E-state index contributed by atoms with van der Waals surface area (Å²) in [5, 5.41) is 21.6. The number of aliphatic carboxylic acids is 1. The molecule has 1 aromatic carbocycles. The molecule has 0 aliphatic rings. The third-order valence-corrected chi connectivity index (χ3v) is 3.72. The number of carboxylic acids is 1. The van der Waals surface area contributed by atoms with Gasteiger partial charge in [-0.25, -0.2) is 0 Å². The summed E-state index contributed by atoms with van der Waals surface area (Å²) in [7, 11) is 0. The topological polar surface area (TPSA) is 57.5 Å². The molecule has 0 fully saturated rings. The van der Waals surface area contributed by atoms with Gasteiger partial charge in [0.2, 0.25) is 0 Å². The van der Waals surface area contributed by atoms with Gasteiger partial charge in [-0.1, -0.05) is 18.2 Å². The van der Waals surface area contributed by atoms with Crippen molar-refractivity contribution in [1.82, 2.24) is 0 Å². The van der Waals surface area contributed by atoms with Gasteiger partial charge in [0.1, 0.15) is 0 Å². The van der Waals surface area contributed by atoms with E-state index in [0.29, 0.717) is 12.8 Å². The molecule has 4 heteroatoms. The number of hydrogen-bond donors (Lipinski definition) is 2. The third kappa shape index (κ3) is 2.84. The molecule has 0 saturated heterocycles. The highest BCUT2D eigenvalue weighted by molar-refractivity contribution is 7.17. The minimum atomic E-state index is -0.813. The number of thiophene rings is 1. The Balaban J connectivity index is 2.08. The summed E-state index contributed by atoms with van der Waals surface area (Å²) in [6.07, 6.45) is 0.540. The fraction of sp³-hybridized carbons (Fsp3) is 0.308. The van der Waals surface area contributed by atoms with Gasteiger partial charge in [0.15, 0.2) is 0 Å². The standard InChI is InChI=1S/C13H14O3S/c14-11(5-3-7-13(15)16)10-8-17-12-6-2-1-4-9(10)12/h1-2,4,6,8,11,14H,3,5,7H2,(H,15,16). The molecule has 17 heavy (non-hydrogen) atoms. The fourth-order valence-corrected chi connectivity index (χ4v) is 2.87. The van der Waals surface area contributed by atoms with Crippen LogP contribution in [0.1, 0.15) is 30.9 Å². The highest BCUT2D eigenvalue weighted by atomic mass is 32.1. The summed E-state index contributed by atoms with van der Waals surface area (Å²) >= 11 is 1.61. The lowest BCUT2D eigenvalue weighted by Crippen LogP contribution is -1.99. The van der Waals surface area contributed by atoms with Crippen molar-refractivity contribution in [3.8, 4) is 0 Å². The number of carboxylic acid groups (broad SMARTS) is 1. The zero-order valence-corrected chi connectivity index (χ0v) is 10.1. The molecule has 0 aliphatic carbocycles. The van der Waals surface area contributed by atoms with Crippen LogP contribution in [0.4, 0.5) is 0 Å². The number of aliphatic hydroxyl groups excluding tert-OH is 1. The van der Waals surface area contributed by atoms with Crippen LogP contribution in [0.15, 0.2) is 29.6 Å². The average molecular weight is 250 g/mol. The van der Waals surface area contributed by atoms with E-state index < -0.39 is 12.1 Å². The van der Waals surface area contributed by atoms with Gasteiger partial charge in [0.25, 0.3) is 0 Å². The predicted molar refractivity (Wildman–Crippen MR) is 68.3 cm³/mol. The van der Waals surface area contributed by atoms with Gasteiger partial charge in [-0.05, 0) is 35.2 Å². The number of aliphatic hydroxyl groups is 1. The van der Waals surface area contributed by atoms with Crippen molar-refractivity contribution in [2.45, 2.75) is 25.4 Å². The highest BCUT2D eigenvalue weighted by Gasteiger charge is 2.13. The average Bonchev–Trinajstić information content (AvgIpc) is 2.72. The van der Waals surface area contributed by atoms with E-state index in [0.717, 1.165) is 15.6 Å². The van der Waals surface area contributed by atoms with E-state index in [1.807, 2.05) is 29.6 Å². The molecule has 1 aromatic heterocycles. The lowest BCUT2D eigenvalue weighted by Gasteiger charge is -2.08. The van der Waals surface area contributed by atoms with Crippen LogP contribution >= 0.6 is 11.3 Å². The van der Waals surface area contributed by atoms with Gasteiger partial charge >= 0.3 is 5.97 Å². The lowest BCUT2D eigenvalue weighted by molar-refractivity contribution is -0.137. The maximum Gasteiger partial charge on any atom is 0.303 e. The summed E-state index contributed by atoms with van der Waals surface area (Å²) in [6, 6.07) is 7.93. The maximum absolute atomic E-state index is 10.4. The van der Waals surface area contributed by atoms with Crippen molar-refractivity contribution < 1.29 is 15.0 Å². The normalized spacial score (nSPS) is 12.8. The Bertz CT molecular complexity index is 518. The van der Waals surface area contributed by atoms with Crippen molar-refractivity contribution >= 4 is 27.4 Å². The molecule has 1 atom stereocenters. The SMILES string of the molecule is O=C(O)CCCC(O)c1csc2ccccc12. The summed E-state index contributed by atoms with van der Waals surface area (Å²) < 4.78 is 1.15. The molecule has 2 aromatic rings. The number of benzene rings is 1. The van der Waals surface area contributed by atoms with Crippen LogP contribution in [-0.2, 0) is 4.79 Å². The van der Waals surface area contributed by atoms with Crippen LogP contribution in [-0.4, -0.2) is 16.2 Å². The Morgan fingerprint density at radius 3 is 2.88 bits per heavy atom. The second-order valence-corrected chi connectivity index (χ2v) is 4.90. The van der Waals surface area contributed by atoms with E-state index in [4.69, 9.17) is 5.11 Å². The highest BCUT2D eigenvalue weighted by Crippen LogP contribution is 2.32. The van der Waals surface area contributed by atoms with E-state index in [1.165, 1.54) is 0 Å². The molecule has 2 rings (SSSR count). The molecule has 1 heterocycles. The number of hydrogen-bond acceptors (Lipinski definition) is 3. The summed E-state index contributed by atoms with van der Waals surface area (Å²) in [5.74, 6) is -0.813. The quantitative estimate of drug-likeness (QED) is 0.856. The molecule has 0 saturated carbocycles. The monoisotopic (exact) mass is 250 g/mol. The number of fused-ring (bicyclic) bond motifs is 1. The molecule has 2 N–H and O–H groups in total. The molecule has 0 spiro atoms. The Morgan fingerprint density at radius 2 is 2.12 bits per heavy atom. The fourth-order valence-electron chi connectivity index (χ4n) is 1.86. The molecular weight excluding hydrogens is 236 g/mol. The van der Waals surface area contributed by atoms with Gasteiger partial charge in [-0.15, -0.1) is 11.3 Å². The molecule has 0 bridgehead atoms. The van der Waals surface area contributed by atoms with Crippen LogP contribution in [0.3, 0.4) is 0 Å². The van der Waals surface area contributed by atoms with Crippen molar-refractivity contribution in [1.29, 1.82) is 0 Å². The molecule has 3 nitrogen and oxygen atoms in total. The van der Waals surface area contributed by atoms with Crippen molar-refractivity contribution in [3.63, 3.8) is 0 Å². The van der Waals surface area contributed by atoms with E-state index in [9.17, 15) is 9.90 Å². The molecule has 0 aliphatic heterocycles. The van der Waals surface area contributed by atoms with Gasteiger partial charge < -0.3 is 10.2 Å². The Hall–Kier alpha value is -1.39. The van der Waals surface area contributed by atoms with Crippen LogP contribution in [0.5, 0.6) is 0 Å². The largest absolute Gasteiger partial charge is 0.481 e. The molecular formula is C13H14O3S. The Morgan fingerprint density at radius 1 is 1.35 bits per heavy atom. The second kappa shape index (κ2) is 5.29. The first kappa shape index (κ1) is 12.1. The van der Waals surface area contributed by atoms with Crippen LogP contribution in [0.25, 0.3) is 10.1 Å². The molecule has 0 amide bonds. The number of carbonyl (C=O) groups is 1. The third-order valence-electron chi connectivity index (χ3n) is 2.74. The van der Waals surface area contributed by atoms with Crippen molar-refractivity contribution in [2.75, 3.05) is 0 Å². The first-order valence-corrected chi connectivity index (χ1v) is 6.42. The summed E-state index contributed by atoms with van der Waals surface area (Å²) in [4.78, 5) is 10.4. The van der Waals surface area contributed by atoms with E-state index in [-0.39, 0.29) is 6.42 Å². The predicted octanol–water partition coefficient (Wildman–Crippen LogP) is 3.19. The van der Waals surface area contributed by atoms with Crippen LogP contribution in [0.2, 0.25) is 0 Å². The lowest BCUT2D eigenvalue weighted by atomic mass is 10.0. The minimum Gasteiger partial charge on any atom is -0.481 e. The van der Waals surface area contributed by atoms with E-state index in [2.05, 4.69) is 0 Å². The van der Waals surface area contributed by atoms with Crippen molar-refractivity contribution in [2.24, 2.45) is 0 Å². The van der Waals surface area contributed by atoms with E-state index in [1.54, 1.807) is 11.3 Å². The molecule has 1 unspecified atom stereocenters. The molecule has 0 radical (unpaired) electrons. The molecule has 90 valence electrons. The summed E-state index contributed by atoms with van der Waals surface area (Å²) in [5.41, 5.74) is 0.913. The second-order valence-electron chi connectivity index (χ2n) is 3.99. The van der Waals surface area contributed by atoms with E-state index >= 15 is 0 Å². The maximum atomic E-state index is 10.4. The van der Waals surface area contributed by atoms with Crippen LogP contribution < -0.4 is 0 Å². The number of rotatable bonds is 5. The van der Waals surface area contributed by atoms with Gasteiger partial charge in [0, 0.05) is 11.1 Å². The summed E-state index contributed by atoms with van der Waals surface area (Å²) in [6.45, 7) is 0. The Kier molecular flexibility index (Phi) is 3.76. The smallest absolute Gasteiger partial charge is 0.303 e. The Labute approximate surface area is 103 Å². The minimum absolute atomic E-state index is 0.110. The van der Waals surface area contributed by atoms with Crippen molar-refractivity contribution in [3.05, 3.63) is 35.2 Å². The zero-order chi connectivity index (χ0) is 12.3. The van der Waals surface area contributed by atoms with Gasteiger partial charge in [0.05, 0.1) is 6.10 Å². The zero-order valence-electron chi connectivity index (χ0n) is 9.30.